The number of aliphatic hydroxyl groups is 1. The van der Waals surface area contributed by atoms with Crippen molar-refractivity contribution in [3.8, 4) is 0 Å². The van der Waals surface area contributed by atoms with Crippen LogP contribution in [-0.2, 0) is 51.1 Å². The van der Waals surface area contributed by atoms with E-state index in [1.165, 1.54) is 37.6 Å². The number of ether oxygens (including phenoxy) is 1. The molecule has 2 aromatic carbocycles. The number of hydrogen-bond donors (Lipinski definition) is 4. The number of fused-ring (bicyclic) bond motifs is 2. The first kappa shape index (κ1) is 43.7. The molecule has 2 aromatic rings. The van der Waals surface area contributed by atoms with Crippen LogP contribution in [0.3, 0.4) is 0 Å². The van der Waals surface area contributed by atoms with Crippen molar-refractivity contribution >= 4 is 41.4 Å². The first-order valence-electron chi connectivity index (χ1n) is 19.5. The molecular formula is C41H52F2N6O9. The van der Waals surface area contributed by atoms with Gasteiger partial charge in [0.1, 0.15) is 54.0 Å². The normalized spacial score (nSPS) is 27.0. The van der Waals surface area contributed by atoms with E-state index in [0.29, 0.717) is 18.1 Å². The van der Waals surface area contributed by atoms with Gasteiger partial charge in [-0.3, -0.25) is 28.8 Å². The van der Waals surface area contributed by atoms with Crippen molar-refractivity contribution in [2.45, 2.75) is 115 Å². The smallest absolute Gasteiger partial charge is 0.329 e. The highest BCUT2D eigenvalue weighted by Gasteiger charge is 2.47. The molecule has 17 heteroatoms. The van der Waals surface area contributed by atoms with Crippen LogP contribution in [-0.4, -0.2) is 130 Å². The molecule has 314 valence electrons. The predicted molar refractivity (Wildman–Crippen MR) is 204 cm³/mol. The third kappa shape index (κ3) is 10.2. The molecule has 58 heavy (non-hydrogen) atoms. The summed E-state index contributed by atoms with van der Waals surface area (Å²) in [5.74, 6) is -7.39. The van der Waals surface area contributed by atoms with E-state index in [0.717, 1.165) is 22.6 Å². The van der Waals surface area contributed by atoms with Gasteiger partial charge < -0.3 is 40.5 Å². The molecule has 3 heterocycles. The molecule has 0 aliphatic carbocycles. The molecule has 0 spiro atoms. The molecule has 0 saturated carbocycles. The number of likely N-dealkylation sites (N-methyl/N-ethyl adjacent to an activating group) is 1. The van der Waals surface area contributed by atoms with Gasteiger partial charge in [-0.25, -0.2) is 13.6 Å². The molecule has 0 radical (unpaired) electrons. The summed E-state index contributed by atoms with van der Waals surface area (Å²) in [5, 5.41) is 18.5. The zero-order valence-electron chi connectivity index (χ0n) is 33.5. The van der Waals surface area contributed by atoms with E-state index in [1.807, 2.05) is 26.0 Å². The van der Waals surface area contributed by atoms with E-state index in [-0.39, 0.29) is 43.8 Å². The molecule has 3 aliphatic rings. The molecular weight excluding hydrogens is 758 g/mol. The van der Waals surface area contributed by atoms with Crippen LogP contribution in [0.1, 0.15) is 63.6 Å². The fourth-order valence-electron chi connectivity index (χ4n) is 7.95. The van der Waals surface area contributed by atoms with E-state index in [2.05, 4.69) is 16.0 Å². The molecule has 4 N–H and O–H groups in total. The lowest BCUT2D eigenvalue weighted by Gasteiger charge is -2.37. The zero-order chi connectivity index (χ0) is 42.6. The van der Waals surface area contributed by atoms with Crippen LogP contribution in [0.4, 0.5) is 8.78 Å². The number of nitrogens with zero attached hydrogens (tertiary/aromatic N) is 3. The number of aryl methyl sites for hydroxylation is 1. The number of carbonyl (C=O) groups excluding carboxylic acids is 7. The summed E-state index contributed by atoms with van der Waals surface area (Å²) in [4.78, 5) is 101. The average molecular weight is 811 g/mol. The van der Waals surface area contributed by atoms with Crippen LogP contribution in [0.2, 0.25) is 0 Å². The maximum atomic E-state index is 14.6. The first-order valence-corrected chi connectivity index (χ1v) is 19.5. The number of rotatable bonds is 8. The SMILES string of the molecule is Cc1ccc(CC(=O)N[C@@H](Cc2cc(F)cc(F)c2)C(=O)N[C@@H]2C(=O)N3CCC[C@H]3C(=O)N(C)[C@@H]([C@@H](C)O)C(=O)N[C@@H](C)C(=O)N3C[C@H](C)C[C@H]3C(=O)O[C@H]2C)cc1. The lowest BCUT2D eigenvalue weighted by Crippen LogP contribution is -2.63. The number of nitrogens with one attached hydrogen (secondary N) is 3. The maximum Gasteiger partial charge on any atom is 0.329 e. The Morgan fingerprint density at radius 1 is 0.931 bits per heavy atom. The van der Waals surface area contributed by atoms with E-state index in [9.17, 15) is 47.4 Å². The zero-order valence-corrected chi connectivity index (χ0v) is 33.5. The molecule has 5 rings (SSSR count). The van der Waals surface area contributed by atoms with Crippen molar-refractivity contribution in [2.24, 2.45) is 5.92 Å². The summed E-state index contributed by atoms with van der Waals surface area (Å²) in [7, 11) is 1.30. The Morgan fingerprint density at radius 2 is 1.59 bits per heavy atom. The van der Waals surface area contributed by atoms with Gasteiger partial charge in [0.05, 0.1) is 12.5 Å². The predicted octanol–water partition coefficient (Wildman–Crippen LogP) is 0.914. The summed E-state index contributed by atoms with van der Waals surface area (Å²) in [6.07, 6.45) is -2.65. The van der Waals surface area contributed by atoms with Crippen molar-refractivity contribution in [3.63, 3.8) is 0 Å². The molecule has 3 fully saturated rings. The summed E-state index contributed by atoms with van der Waals surface area (Å²) < 4.78 is 34.5. The lowest BCUT2D eigenvalue weighted by atomic mass is 10.0. The molecule has 0 unspecified atom stereocenters. The second-order valence-electron chi connectivity index (χ2n) is 15.8. The Hall–Kier alpha value is -5.45. The fourth-order valence-corrected chi connectivity index (χ4v) is 7.95. The first-order chi connectivity index (χ1) is 27.3. The lowest BCUT2D eigenvalue weighted by molar-refractivity contribution is -0.163. The van der Waals surface area contributed by atoms with Crippen LogP contribution >= 0.6 is 0 Å². The fraction of sp³-hybridized carbons (Fsp3) is 0.537. The van der Waals surface area contributed by atoms with Crippen molar-refractivity contribution in [1.82, 2.24) is 30.7 Å². The standard InChI is InChI=1S/C41H52F2N6O9/c1-21-9-11-26(12-10-21)18-33(51)45-30(17-27-15-28(42)19-29(43)16-27)36(52)46-34-25(5)58-41(57)32-14-22(2)20-49(32)38(54)23(3)44-37(53)35(24(4)50)47(6)39(55)31-8-7-13-48(31)40(34)56/h9-12,15-16,19,22-25,30-32,34-35,50H,7-8,13-14,17-18,20H2,1-6H3,(H,44,53)(H,45,51)(H,46,52)/t22-,23+,24-,25+,30+,31+,32+,34+,35+/m1/s1. The average Bonchev–Trinajstić information content (AvgIpc) is 3.80. The third-order valence-corrected chi connectivity index (χ3v) is 10.9. The Kier molecular flexibility index (Phi) is 13.9. The quantitative estimate of drug-likeness (QED) is 0.281. The highest BCUT2D eigenvalue weighted by molar-refractivity contribution is 5.98. The molecule has 3 aliphatic heterocycles. The Balaban J connectivity index is 1.51. The number of esters is 1. The van der Waals surface area contributed by atoms with E-state index in [4.69, 9.17) is 4.74 Å². The van der Waals surface area contributed by atoms with Gasteiger partial charge in [0.25, 0.3) is 0 Å². The number of aliphatic hydroxyl groups excluding tert-OH is 1. The van der Waals surface area contributed by atoms with Gasteiger partial charge in [-0.2, -0.15) is 0 Å². The van der Waals surface area contributed by atoms with E-state index in [1.54, 1.807) is 12.1 Å². The van der Waals surface area contributed by atoms with E-state index < -0.39 is 108 Å². The molecule has 0 aromatic heterocycles. The summed E-state index contributed by atoms with van der Waals surface area (Å²) >= 11 is 0. The summed E-state index contributed by atoms with van der Waals surface area (Å²) in [6.45, 7) is 7.99. The minimum atomic E-state index is -1.67. The maximum absolute atomic E-state index is 14.6. The van der Waals surface area contributed by atoms with Gasteiger partial charge in [-0.05, 0) is 76.1 Å². The second kappa shape index (κ2) is 18.4. The Bertz CT molecular complexity index is 1890. The van der Waals surface area contributed by atoms with Gasteiger partial charge in [-0.1, -0.05) is 36.8 Å². The minimum absolute atomic E-state index is 0.0244. The monoisotopic (exact) mass is 810 g/mol. The Morgan fingerprint density at radius 3 is 2.22 bits per heavy atom. The minimum Gasteiger partial charge on any atom is -0.458 e. The van der Waals surface area contributed by atoms with Crippen LogP contribution in [0, 0.1) is 24.5 Å². The number of benzene rings is 2. The number of cyclic esters (lactones) is 1. The van der Waals surface area contributed by atoms with Crippen molar-refractivity contribution in [1.29, 1.82) is 0 Å². The number of carbonyl (C=O) groups is 7. The highest BCUT2D eigenvalue weighted by atomic mass is 19.1. The van der Waals surface area contributed by atoms with E-state index >= 15 is 0 Å². The van der Waals surface area contributed by atoms with Crippen LogP contribution < -0.4 is 16.0 Å². The van der Waals surface area contributed by atoms with Gasteiger partial charge in [-0.15, -0.1) is 0 Å². The van der Waals surface area contributed by atoms with Gasteiger partial charge >= 0.3 is 5.97 Å². The second-order valence-corrected chi connectivity index (χ2v) is 15.8. The van der Waals surface area contributed by atoms with Crippen molar-refractivity contribution in [2.75, 3.05) is 20.1 Å². The number of hydrogen-bond acceptors (Lipinski definition) is 9. The number of amides is 6. The molecule has 3 saturated heterocycles. The Labute approximate surface area is 335 Å². The van der Waals surface area contributed by atoms with Gasteiger partial charge in [0, 0.05) is 32.6 Å². The third-order valence-electron chi connectivity index (χ3n) is 10.9. The number of halogens is 2. The highest BCUT2D eigenvalue weighted by Crippen LogP contribution is 2.27. The van der Waals surface area contributed by atoms with Crippen molar-refractivity contribution < 1.29 is 52.2 Å². The van der Waals surface area contributed by atoms with Crippen LogP contribution in [0.25, 0.3) is 0 Å². The largest absolute Gasteiger partial charge is 0.458 e. The van der Waals surface area contributed by atoms with Gasteiger partial charge in [0.15, 0.2) is 0 Å². The van der Waals surface area contributed by atoms with Crippen LogP contribution in [0.5, 0.6) is 0 Å². The topological polar surface area (TPSA) is 195 Å². The molecule has 9 atom stereocenters. The molecule has 0 bridgehead atoms. The van der Waals surface area contributed by atoms with Crippen molar-refractivity contribution in [3.05, 3.63) is 70.8 Å². The summed E-state index contributed by atoms with van der Waals surface area (Å²) in [5.41, 5.74) is 1.61. The summed E-state index contributed by atoms with van der Waals surface area (Å²) in [6, 6.07) is 1.70. The van der Waals surface area contributed by atoms with Gasteiger partial charge in [0.2, 0.25) is 35.4 Å². The molecule has 6 amide bonds. The van der Waals surface area contributed by atoms with Crippen LogP contribution in [0.15, 0.2) is 42.5 Å². The molecule has 15 nitrogen and oxygen atoms in total.